The van der Waals surface area contributed by atoms with Crippen molar-refractivity contribution in [3.8, 4) is 0 Å². The van der Waals surface area contributed by atoms with Crippen LogP contribution in [0.2, 0.25) is 0 Å². The summed E-state index contributed by atoms with van der Waals surface area (Å²) in [5.74, 6) is -8.57. The first-order valence-corrected chi connectivity index (χ1v) is 6.90. The predicted octanol–water partition coefficient (Wildman–Crippen LogP) is 2.20. The minimum absolute atomic E-state index is 0. The van der Waals surface area contributed by atoms with Crippen molar-refractivity contribution in [1.82, 2.24) is 0 Å². The van der Waals surface area contributed by atoms with E-state index in [2.05, 4.69) is 0 Å². The van der Waals surface area contributed by atoms with Gasteiger partial charge in [-0.25, -0.2) is 19.2 Å². The molecule has 0 saturated heterocycles. The van der Waals surface area contributed by atoms with E-state index < -0.39 is 57.5 Å². The summed E-state index contributed by atoms with van der Waals surface area (Å²) in [6.07, 6.45) is 0. The minimum atomic E-state index is -1.98. The lowest BCUT2D eigenvalue weighted by Crippen LogP contribution is -2.23. The van der Waals surface area contributed by atoms with Crippen molar-refractivity contribution in [2.45, 2.75) is 0 Å². The average molecular weight is 362 g/mol. The standard InChI is InChI=1S/C17H10O9.2H2/c18-13(7-4-2-1-3-5-7)8-6-9(14(19)20)11(16(23)24)12(17(25)26)10(8)15(21)22;;/h1-6H,(H,19,20)(H,21,22)(H,23,24)(H,25,26);2*1H. The maximum Gasteiger partial charge on any atom is 0.337 e. The molecule has 0 bridgehead atoms. The lowest BCUT2D eigenvalue weighted by molar-refractivity contribution is 0.0618. The molecule has 0 atom stereocenters. The first-order chi connectivity index (χ1) is 12.2. The normalized spacial score (nSPS) is 10.2. The van der Waals surface area contributed by atoms with Crippen LogP contribution in [0.15, 0.2) is 36.4 Å². The fourth-order valence-electron chi connectivity index (χ4n) is 2.43. The molecular weight excluding hydrogens is 348 g/mol. The van der Waals surface area contributed by atoms with Crippen molar-refractivity contribution in [3.05, 3.63) is 69.8 Å². The lowest BCUT2D eigenvalue weighted by Gasteiger charge is -2.14. The van der Waals surface area contributed by atoms with Gasteiger partial charge >= 0.3 is 23.9 Å². The van der Waals surface area contributed by atoms with Crippen molar-refractivity contribution in [1.29, 1.82) is 0 Å². The zero-order chi connectivity index (χ0) is 19.6. The van der Waals surface area contributed by atoms with Gasteiger partial charge in [0.15, 0.2) is 5.78 Å². The van der Waals surface area contributed by atoms with Gasteiger partial charge in [0.05, 0.1) is 22.3 Å². The molecule has 26 heavy (non-hydrogen) atoms. The van der Waals surface area contributed by atoms with Crippen LogP contribution < -0.4 is 0 Å². The molecule has 9 heteroatoms. The highest BCUT2D eigenvalue weighted by atomic mass is 16.4. The van der Waals surface area contributed by atoms with Gasteiger partial charge in [0, 0.05) is 14.0 Å². The minimum Gasteiger partial charge on any atom is -0.478 e. The van der Waals surface area contributed by atoms with Gasteiger partial charge in [0.1, 0.15) is 0 Å². The number of benzene rings is 2. The Morgan fingerprint density at radius 1 is 0.615 bits per heavy atom. The monoisotopic (exact) mass is 362 g/mol. The number of ketones is 1. The maximum atomic E-state index is 12.6. The lowest BCUT2D eigenvalue weighted by atomic mass is 9.88. The number of carbonyl (C=O) groups excluding carboxylic acids is 1. The van der Waals surface area contributed by atoms with E-state index in [1.54, 1.807) is 6.07 Å². The molecule has 136 valence electrons. The van der Waals surface area contributed by atoms with Gasteiger partial charge in [0.2, 0.25) is 0 Å². The second-order valence-corrected chi connectivity index (χ2v) is 5.01. The van der Waals surface area contributed by atoms with Crippen molar-refractivity contribution < 1.29 is 47.3 Å². The van der Waals surface area contributed by atoms with Crippen LogP contribution in [0.25, 0.3) is 0 Å². The van der Waals surface area contributed by atoms with Crippen molar-refractivity contribution in [3.63, 3.8) is 0 Å². The van der Waals surface area contributed by atoms with E-state index in [1.807, 2.05) is 0 Å². The Labute approximate surface area is 147 Å². The Kier molecular flexibility index (Phi) is 4.83. The molecule has 0 spiro atoms. The fraction of sp³-hybridized carbons (Fsp3) is 0. The van der Waals surface area contributed by atoms with Crippen LogP contribution in [0.4, 0.5) is 0 Å². The van der Waals surface area contributed by atoms with Crippen LogP contribution in [-0.4, -0.2) is 50.1 Å². The average Bonchev–Trinajstić information content (AvgIpc) is 2.59. The third kappa shape index (κ3) is 3.13. The van der Waals surface area contributed by atoms with E-state index in [-0.39, 0.29) is 8.42 Å². The molecule has 0 aliphatic carbocycles. The van der Waals surface area contributed by atoms with Gasteiger partial charge in [-0.05, 0) is 6.07 Å². The summed E-state index contributed by atoms with van der Waals surface area (Å²) in [5.41, 5.74) is -5.33. The molecule has 0 unspecified atom stereocenters. The highest BCUT2D eigenvalue weighted by Crippen LogP contribution is 2.27. The second kappa shape index (κ2) is 6.85. The summed E-state index contributed by atoms with van der Waals surface area (Å²) in [6.45, 7) is 0. The number of rotatable bonds is 6. The SMILES string of the molecule is O=C(O)c1cc(C(=O)c2ccccc2)c(C(=O)O)c(C(=O)O)c1C(=O)O.[HH].[HH]. The van der Waals surface area contributed by atoms with Gasteiger partial charge in [-0.2, -0.15) is 0 Å². The zero-order valence-corrected chi connectivity index (χ0v) is 12.8. The summed E-state index contributed by atoms with van der Waals surface area (Å²) >= 11 is 0. The van der Waals surface area contributed by atoms with Crippen LogP contribution in [0.5, 0.6) is 0 Å². The summed E-state index contributed by atoms with van der Waals surface area (Å²) in [5, 5.41) is 37.1. The van der Waals surface area contributed by atoms with E-state index in [0.717, 1.165) is 0 Å². The van der Waals surface area contributed by atoms with E-state index in [1.165, 1.54) is 24.3 Å². The number of carboxylic acids is 4. The molecule has 4 N–H and O–H groups in total. The third-order valence-corrected chi connectivity index (χ3v) is 3.48. The van der Waals surface area contributed by atoms with Crippen molar-refractivity contribution >= 4 is 29.7 Å². The molecule has 2 aromatic rings. The number of hydrogen-bond acceptors (Lipinski definition) is 5. The molecular formula is C17H14O9. The van der Waals surface area contributed by atoms with E-state index in [0.29, 0.717) is 6.07 Å². The third-order valence-electron chi connectivity index (χ3n) is 3.48. The largest absolute Gasteiger partial charge is 0.478 e. The first kappa shape index (κ1) is 18.3. The van der Waals surface area contributed by atoms with Gasteiger partial charge in [-0.1, -0.05) is 30.3 Å². The molecule has 0 radical (unpaired) electrons. The van der Waals surface area contributed by atoms with Crippen molar-refractivity contribution in [2.75, 3.05) is 0 Å². The van der Waals surface area contributed by atoms with Crippen LogP contribution in [0.3, 0.4) is 0 Å². The van der Waals surface area contributed by atoms with Crippen molar-refractivity contribution in [2.24, 2.45) is 0 Å². The summed E-state index contributed by atoms with van der Waals surface area (Å²) < 4.78 is 0. The Morgan fingerprint density at radius 3 is 1.50 bits per heavy atom. The van der Waals surface area contributed by atoms with Gasteiger partial charge in [-0.3, -0.25) is 4.79 Å². The van der Waals surface area contributed by atoms with Gasteiger partial charge in [-0.15, -0.1) is 0 Å². The van der Waals surface area contributed by atoms with Crippen LogP contribution in [0, 0.1) is 0 Å². The Balaban J connectivity index is 0.00000364. The fourth-order valence-corrected chi connectivity index (χ4v) is 2.43. The van der Waals surface area contributed by atoms with Crippen LogP contribution in [-0.2, 0) is 0 Å². The zero-order valence-electron chi connectivity index (χ0n) is 12.8. The quantitative estimate of drug-likeness (QED) is 0.563. The molecule has 0 amide bonds. The molecule has 2 aromatic carbocycles. The Bertz CT molecular complexity index is 968. The van der Waals surface area contributed by atoms with Gasteiger partial charge in [0.25, 0.3) is 0 Å². The molecule has 0 aromatic heterocycles. The van der Waals surface area contributed by atoms with Crippen LogP contribution in [0.1, 0.15) is 60.2 Å². The van der Waals surface area contributed by atoms with E-state index >= 15 is 0 Å². The van der Waals surface area contributed by atoms with E-state index in [4.69, 9.17) is 0 Å². The summed E-state index contributed by atoms with van der Waals surface area (Å²) in [4.78, 5) is 58.4. The number of aromatic carboxylic acids is 4. The number of carboxylic acid groups (broad SMARTS) is 4. The summed E-state index contributed by atoms with van der Waals surface area (Å²) in [6, 6.07) is 7.72. The Morgan fingerprint density at radius 2 is 1.08 bits per heavy atom. The Hall–Kier alpha value is -4.01. The number of hydrogen-bond donors (Lipinski definition) is 4. The molecule has 0 heterocycles. The molecule has 0 aliphatic heterocycles. The molecule has 0 saturated carbocycles. The molecule has 9 nitrogen and oxygen atoms in total. The maximum absolute atomic E-state index is 12.6. The topological polar surface area (TPSA) is 166 Å². The molecule has 0 aliphatic rings. The van der Waals surface area contributed by atoms with E-state index in [9.17, 15) is 44.4 Å². The second-order valence-electron chi connectivity index (χ2n) is 5.01. The molecule has 0 fully saturated rings. The highest BCUT2D eigenvalue weighted by Gasteiger charge is 2.34. The summed E-state index contributed by atoms with van der Waals surface area (Å²) in [7, 11) is 0. The predicted molar refractivity (Wildman–Crippen MR) is 88.4 cm³/mol. The molecule has 2 rings (SSSR count). The smallest absolute Gasteiger partial charge is 0.337 e. The number of carbonyl (C=O) groups is 5. The first-order valence-electron chi connectivity index (χ1n) is 6.90. The van der Waals surface area contributed by atoms with Crippen LogP contribution >= 0.6 is 0 Å². The van der Waals surface area contributed by atoms with Gasteiger partial charge < -0.3 is 20.4 Å². The highest BCUT2D eigenvalue weighted by molar-refractivity contribution is 6.21.